The van der Waals surface area contributed by atoms with Gasteiger partial charge in [-0.05, 0) is 36.6 Å². The molecular weight excluding hydrogens is 270 g/mol. The van der Waals surface area contributed by atoms with E-state index in [9.17, 15) is 14.7 Å². The first-order valence-corrected chi connectivity index (χ1v) is 6.49. The Balaban J connectivity index is 2.33. The smallest absolute Gasteiger partial charge is 0.330 e. The Morgan fingerprint density at radius 2 is 2.00 bits per heavy atom. The zero-order valence-corrected chi connectivity index (χ0v) is 12.1. The summed E-state index contributed by atoms with van der Waals surface area (Å²) in [7, 11) is 1.63. The van der Waals surface area contributed by atoms with Gasteiger partial charge in [0, 0.05) is 13.2 Å². The Morgan fingerprint density at radius 1 is 1.29 bits per heavy atom. The van der Waals surface area contributed by atoms with Gasteiger partial charge >= 0.3 is 5.97 Å². The number of benzene rings is 1. The van der Waals surface area contributed by atoms with Gasteiger partial charge in [0.2, 0.25) is 0 Å². The minimum Gasteiger partial charge on any atom is -0.479 e. The predicted octanol–water partition coefficient (Wildman–Crippen LogP) is 1.59. The number of carboxylic acids is 1. The number of carboxylic acid groups (broad SMARTS) is 1. The van der Waals surface area contributed by atoms with E-state index in [2.05, 4.69) is 10.4 Å². The average Bonchev–Trinajstić information content (AvgIpc) is 2.85. The molecule has 1 aromatic heterocycles. The summed E-state index contributed by atoms with van der Waals surface area (Å²) in [5.74, 6) is -1.57. The van der Waals surface area contributed by atoms with Crippen molar-refractivity contribution in [3.63, 3.8) is 0 Å². The maximum absolute atomic E-state index is 12.2. The van der Waals surface area contributed by atoms with E-state index in [4.69, 9.17) is 0 Å². The van der Waals surface area contributed by atoms with E-state index in [1.54, 1.807) is 19.2 Å². The predicted molar refractivity (Wildman–Crippen MR) is 77.0 cm³/mol. The van der Waals surface area contributed by atoms with Crippen molar-refractivity contribution in [2.24, 2.45) is 7.05 Å². The number of aliphatic carboxylic acids is 1. The molecule has 0 spiro atoms. The van der Waals surface area contributed by atoms with Crippen LogP contribution in [0.3, 0.4) is 0 Å². The lowest BCUT2D eigenvalue weighted by molar-refractivity contribution is -0.139. The third-order valence-electron chi connectivity index (χ3n) is 3.53. The van der Waals surface area contributed by atoms with Gasteiger partial charge in [-0.1, -0.05) is 18.2 Å². The molecule has 1 heterocycles. The van der Waals surface area contributed by atoms with Crippen molar-refractivity contribution < 1.29 is 14.7 Å². The van der Waals surface area contributed by atoms with E-state index < -0.39 is 17.9 Å². The lowest BCUT2D eigenvalue weighted by Crippen LogP contribution is -2.35. The van der Waals surface area contributed by atoms with E-state index in [-0.39, 0.29) is 0 Å². The largest absolute Gasteiger partial charge is 0.479 e. The molecule has 21 heavy (non-hydrogen) atoms. The lowest BCUT2D eigenvalue weighted by Gasteiger charge is -2.18. The highest BCUT2D eigenvalue weighted by Gasteiger charge is 2.25. The van der Waals surface area contributed by atoms with Gasteiger partial charge in [0.1, 0.15) is 5.69 Å². The molecule has 0 aliphatic rings. The van der Waals surface area contributed by atoms with Gasteiger partial charge in [-0.2, -0.15) is 5.10 Å². The van der Waals surface area contributed by atoms with Crippen molar-refractivity contribution in [2.45, 2.75) is 19.9 Å². The highest BCUT2D eigenvalue weighted by atomic mass is 16.4. The molecule has 0 saturated carbocycles. The molecule has 0 aliphatic carbocycles. The van der Waals surface area contributed by atoms with Crippen molar-refractivity contribution in [1.82, 2.24) is 15.1 Å². The minimum atomic E-state index is -1.10. The summed E-state index contributed by atoms with van der Waals surface area (Å²) in [6.07, 6.45) is 1.49. The zero-order chi connectivity index (χ0) is 15.6. The summed E-state index contributed by atoms with van der Waals surface area (Å²) in [6.45, 7) is 3.75. The summed E-state index contributed by atoms with van der Waals surface area (Å²) in [6, 6.07) is 5.85. The van der Waals surface area contributed by atoms with Crippen LogP contribution in [0, 0.1) is 13.8 Å². The van der Waals surface area contributed by atoms with E-state index in [1.165, 1.54) is 16.9 Å². The SMILES string of the molecule is Cc1cccc(C(NC(=O)c2ccnn2C)C(=O)O)c1C. The van der Waals surface area contributed by atoms with Crippen molar-refractivity contribution in [1.29, 1.82) is 0 Å². The topological polar surface area (TPSA) is 84.2 Å². The van der Waals surface area contributed by atoms with Crippen LogP contribution in [0.2, 0.25) is 0 Å². The molecule has 1 aromatic carbocycles. The third-order valence-corrected chi connectivity index (χ3v) is 3.53. The van der Waals surface area contributed by atoms with Crippen LogP contribution in [0.4, 0.5) is 0 Å². The molecule has 2 aromatic rings. The fourth-order valence-corrected chi connectivity index (χ4v) is 2.16. The van der Waals surface area contributed by atoms with Gasteiger partial charge < -0.3 is 10.4 Å². The molecule has 2 rings (SSSR count). The second-order valence-electron chi connectivity index (χ2n) is 4.87. The van der Waals surface area contributed by atoms with E-state index in [1.807, 2.05) is 19.9 Å². The van der Waals surface area contributed by atoms with E-state index >= 15 is 0 Å². The molecule has 6 heteroatoms. The Bertz CT molecular complexity index is 691. The Morgan fingerprint density at radius 3 is 2.57 bits per heavy atom. The van der Waals surface area contributed by atoms with Crippen LogP contribution in [-0.4, -0.2) is 26.8 Å². The second kappa shape index (κ2) is 5.78. The highest BCUT2D eigenvalue weighted by molar-refractivity contribution is 5.95. The normalized spacial score (nSPS) is 12.0. The van der Waals surface area contributed by atoms with Crippen LogP contribution >= 0.6 is 0 Å². The van der Waals surface area contributed by atoms with Gasteiger partial charge in [0.25, 0.3) is 5.91 Å². The van der Waals surface area contributed by atoms with Crippen molar-refractivity contribution in [3.8, 4) is 0 Å². The first kappa shape index (κ1) is 14.8. The number of nitrogens with one attached hydrogen (secondary N) is 1. The number of nitrogens with zero attached hydrogens (tertiary/aromatic N) is 2. The van der Waals surface area contributed by atoms with Crippen LogP contribution in [0.25, 0.3) is 0 Å². The maximum Gasteiger partial charge on any atom is 0.330 e. The number of aromatic nitrogens is 2. The van der Waals surface area contributed by atoms with Crippen LogP contribution in [0.1, 0.15) is 33.2 Å². The summed E-state index contributed by atoms with van der Waals surface area (Å²) in [4.78, 5) is 23.7. The Labute approximate surface area is 122 Å². The highest BCUT2D eigenvalue weighted by Crippen LogP contribution is 2.21. The fourth-order valence-electron chi connectivity index (χ4n) is 2.16. The molecule has 6 nitrogen and oxygen atoms in total. The first-order chi connectivity index (χ1) is 9.91. The van der Waals surface area contributed by atoms with Gasteiger partial charge in [0.15, 0.2) is 6.04 Å². The van der Waals surface area contributed by atoms with E-state index in [0.717, 1.165) is 11.1 Å². The number of carbonyl (C=O) groups is 2. The number of rotatable bonds is 4. The molecule has 0 saturated heterocycles. The van der Waals surface area contributed by atoms with Crippen LogP contribution in [0.5, 0.6) is 0 Å². The number of hydrogen-bond acceptors (Lipinski definition) is 3. The van der Waals surface area contributed by atoms with Crippen LogP contribution in [0.15, 0.2) is 30.5 Å². The van der Waals surface area contributed by atoms with Gasteiger partial charge in [-0.15, -0.1) is 0 Å². The lowest BCUT2D eigenvalue weighted by atomic mass is 9.97. The third kappa shape index (κ3) is 2.94. The summed E-state index contributed by atoms with van der Waals surface area (Å²) < 4.78 is 1.40. The van der Waals surface area contributed by atoms with Crippen molar-refractivity contribution >= 4 is 11.9 Å². The van der Waals surface area contributed by atoms with Crippen LogP contribution < -0.4 is 5.32 Å². The number of amides is 1. The van der Waals surface area contributed by atoms with E-state index in [0.29, 0.717) is 11.3 Å². The Kier molecular flexibility index (Phi) is 4.07. The molecule has 0 aliphatic heterocycles. The van der Waals surface area contributed by atoms with Gasteiger partial charge in [-0.25, -0.2) is 4.79 Å². The average molecular weight is 287 g/mol. The quantitative estimate of drug-likeness (QED) is 0.894. The summed E-state index contributed by atoms with van der Waals surface area (Å²) in [5.41, 5.74) is 2.73. The minimum absolute atomic E-state index is 0.312. The molecule has 0 radical (unpaired) electrons. The summed E-state index contributed by atoms with van der Waals surface area (Å²) in [5, 5.41) is 15.9. The molecule has 110 valence electrons. The number of aryl methyl sites for hydroxylation is 2. The number of hydrogen-bond donors (Lipinski definition) is 2. The van der Waals surface area contributed by atoms with Crippen molar-refractivity contribution in [3.05, 3.63) is 52.8 Å². The standard InChI is InChI=1S/C15H17N3O3/c1-9-5-4-6-11(10(9)2)13(15(20)21)17-14(19)12-7-8-16-18(12)3/h4-8,13H,1-3H3,(H,17,19)(H,20,21). The van der Waals surface area contributed by atoms with Crippen molar-refractivity contribution in [2.75, 3.05) is 0 Å². The van der Waals surface area contributed by atoms with Gasteiger partial charge in [-0.3, -0.25) is 9.48 Å². The molecule has 1 unspecified atom stereocenters. The molecule has 0 fully saturated rings. The zero-order valence-electron chi connectivity index (χ0n) is 12.1. The first-order valence-electron chi connectivity index (χ1n) is 6.49. The van der Waals surface area contributed by atoms with Gasteiger partial charge in [0.05, 0.1) is 0 Å². The molecule has 2 N–H and O–H groups in total. The molecule has 0 bridgehead atoms. The summed E-state index contributed by atoms with van der Waals surface area (Å²) >= 11 is 0. The second-order valence-corrected chi connectivity index (χ2v) is 4.87. The van der Waals surface area contributed by atoms with Crippen LogP contribution in [-0.2, 0) is 11.8 Å². The maximum atomic E-state index is 12.2. The fraction of sp³-hybridized carbons (Fsp3) is 0.267. The molecule has 1 amide bonds. The molecule has 1 atom stereocenters. The monoisotopic (exact) mass is 287 g/mol. The molecular formula is C15H17N3O3. The number of carbonyl (C=O) groups excluding carboxylic acids is 1. The Hall–Kier alpha value is -2.63.